The lowest BCUT2D eigenvalue weighted by atomic mass is 10.0. The third-order valence-corrected chi connectivity index (χ3v) is 5.84. The molecule has 0 radical (unpaired) electrons. The maximum atomic E-state index is 13.3. The number of urea groups is 1. The number of rotatable bonds is 2. The Bertz CT molecular complexity index is 896. The van der Waals surface area contributed by atoms with Gasteiger partial charge in [0, 0.05) is 5.69 Å². The fourth-order valence-corrected chi connectivity index (χ4v) is 4.41. The monoisotopic (exact) mass is 348 g/mol. The van der Waals surface area contributed by atoms with Gasteiger partial charge >= 0.3 is 6.03 Å². The number of carbonyl (C=O) groups is 1. The van der Waals surface area contributed by atoms with Crippen LogP contribution in [0.15, 0.2) is 47.4 Å². The van der Waals surface area contributed by atoms with E-state index in [2.05, 4.69) is 10.6 Å². The summed E-state index contributed by atoms with van der Waals surface area (Å²) in [5.74, 6) is -0.350. The topological polar surface area (TPSA) is 75.3 Å². The fraction of sp³-hybridized carbons (Fsp3) is 0.235. The zero-order valence-electron chi connectivity index (χ0n) is 13.0. The maximum Gasteiger partial charge on any atom is 0.319 e. The molecule has 24 heavy (non-hydrogen) atoms. The predicted octanol–water partition coefficient (Wildman–Crippen LogP) is 3.17. The van der Waals surface area contributed by atoms with Crippen molar-refractivity contribution in [1.29, 1.82) is 0 Å². The van der Waals surface area contributed by atoms with Crippen molar-refractivity contribution in [3.8, 4) is 0 Å². The molecule has 0 saturated carbocycles. The van der Waals surface area contributed by atoms with Gasteiger partial charge in [-0.2, -0.15) is 0 Å². The summed E-state index contributed by atoms with van der Waals surface area (Å²) < 4.78 is 37.5. The maximum absolute atomic E-state index is 13.3. The van der Waals surface area contributed by atoms with Gasteiger partial charge < -0.3 is 10.6 Å². The largest absolute Gasteiger partial charge is 0.331 e. The van der Waals surface area contributed by atoms with Crippen molar-refractivity contribution in [2.75, 3.05) is 11.1 Å². The second-order valence-electron chi connectivity index (χ2n) is 5.76. The molecule has 2 aromatic rings. The number of benzene rings is 2. The number of carbonyl (C=O) groups excluding carboxylic acids is 1. The van der Waals surface area contributed by atoms with Crippen LogP contribution in [0.25, 0.3) is 0 Å². The molecule has 0 aliphatic carbocycles. The van der Waals surface area contributed by atoms with Crippen molar-refractivity contribution in [3.05, 3.63) is 59.4 Å². The molecule has 2 amide bonds. The highest BCUT2D eigenvalue weighted by Crippen LogP contribution is 2.31. The molecule has 2 aromatic carbocycles. The summed E-state index contributed by atoms with van der Waals surface area (Å²) >= 11 is 0. The van der Waals surface area contributed by atoms with Gasteiger partial charge in [-0.05, 0) is 48.7 Å². The van der Waals surface area contributed by atoms with Gasteiger partial charge in [-0.3, -0.25) is 0 Å². The van der Waals surface area contributed by atoms with Crippen LogP contribution in [-0.2, 0) is 9.84 Å². The van der Waals surface area contributed by atoms with Gasteiger partial charge in [0.15, 0.2) is 9.84 Å². The summed E-state index contributed by atoms with van der Waals surface area (Å²) in [5, 5.41) is 5.43. The first-order valence-corrected chi connectivity index (χ1v) is 9.17. The molecule has 1 aliphatic heterocycles. The number of anilines is 1. The van der Waals surface area contributed by atoms with Gasteiger partial charge in [0.05, 0.1) is 16.7 Å². The van der Waals surface area contributed by atoms with Gasteiger partial charge in [-0.15, -0.1) is 0 Å². The SMILES string of the molecule is Cc1cc(NC(=O)NC2CCS(=O)(=O)c3ccccc32)ccc1F. The lowest BCUT2D eigenvalue weighted by Crippen LogP contribution is -2.36. The van der Waals surface area contributed by atoms with E-state index in [4.69, 9.17) is 0 Å². The number of nitrogens with one attached hydrogen (secondary N) is 2. The van der Waals surface area contributed by atoms with E-state index in [-0.39, 0.29) is 22.5 Å². The van der Waals surface area contributed by atoms with Crippen LogP contribution in [0.4, 0.5) is 14.9 Å². The molecule has 2 N–H and O–H groups in total. The molecule has 0 fully saturated rings. The molecule has 3 rings (SSSR count). The molecule has 1 unspecified atom stereocenters. The molecule has 7 heteroatoms. The Hall–Kier alpha value is -2.41. The summed E-state index contributed by atoms with van der Waals surface area (Å²) in [6, 6.07) is 10.1. The van der Waals surface area contributed by atoms with Crippen LogP contribution in [0.5, 0.6) is 0 Å². The van der Waals surface area contributed by atoms with Crippen molar-refractivity contribution in [2.24, 2.45) is 0 Å². The minimum absolute atomic E-state index is 0.00931. The van der Waals surface area contributed by atoms with Crippen LogP contribution in [0.3, 0.4) is 0 Å². The van der Waals surface area contributed by atoms with Crippen LogP contribution in [-0.4, -0.2) is 20.2 Å². The molecule has 1 aliphatic rings. The Labute approximate surface area is 139 Å². The van der Waals surface area contributed by atoms with Crippen molar-refractivity contribution in [3.63, 3.8) is 0 Å². The molecular weight excluding hydrogens is 331 g/mol. The minimum atomic E-state index is -3.29. The molecule has 0 spiro atoms. The highest BCUT2D eigenvalue weighted by Gasteiger charge is 2.30. The molecule has 126 valence electrons. The van der Waals surface area contributed by atoms with Crippen molar-refractivity contribution in [2.45, 2.75) is 24.3 Å². The number of hydrogen-bond donors (Lipinski definition) is 2. The van der Waals surface area contributed by atoms with E-state index in [0.29, 0.717) is 23.2 Å². The first-order valence-electron chi connectivity index (χ1n) is 7.52. The Balaban J connectivity index is 1.76. The summed E-state index contributed by atoms with van der Waals surface area (Å²) in [6.45, 7) is 1.61. The lowest BCUT2D eigenvalue weighted by Gasteiger charge is -2.26. The van der Waals surface area contributed by atoms with Crippen LogP contribution in [0, 0.1) is 12.7 Å². The van der Waals surface area contributed by atoms with E-state index >= 15 is 0 Å². The number of halogens is 1. The smallest absolute Gasteiger partial charge is 0.319 e. The van der Waals surface area contributed by atoms with E-state index in [0.717, 1.165) is 0 Å². The molecule has 1 heterocycles. The van der Waals surface area contributed by atoms with E-state index in [1.54, 1.807) is 31.2 Å². The Morgan fingerprint density at radius 3 is 2.71 bits per heavy atom. The van der Waals surface area contributed by atoms with Crippen molar-refractivity contribution >= 4 is 21.6 Å². The van der Waals surface area contributed by atoms with E-state index in [9.17, 15) is 17.6 Å². The minimum Gasteiger partial charge on any atom is -0.331 e. The quantitative estimate of drug-likeness (QED) is 0.875. The molecule has 0 saturated heterocycles. The standard InChI is InChI=1S/C17H17FN2O3S/c1-11-10-12(6-7-14(11)18)19-17(21)20-15-8-9-24(22,23)16-5-3-2-4-13(15)16/h2-7,10,15H,8-9H2,1H3,(H2,19,20,21). The summed E-state index contributed by atoms with van der Waals surface area (Å²) in [6.07, 6.45) is 0.315. The van der Waals surface area contributed by atoms with E-state index < -0.39 is 15.9 Å². The van der Waals surface area contributed by atoms with Crippen molar-refractivity contribution in [1.82, 2.24) is 5.32 Å². The van der Waals surface area contributed by atoms with Gasteiger partial charge in [-0.1, -0.05) is 18.2 Å². The molecule has 1 atom stereocenters. The van der Waals surface area contributed by atoms with E-state index in [1.807, 2.05) is 0 Å². The van der Waals surface area contributed by atoms with Crippen LogP contribution in [0.1, 0.15) is 23.6 Å². The van der Waals surface area contributed by atoms with Gasteiger partial charge in [0.2, 0.25) is 0 Å². The van der Waals surface area contributed by atoms with Crippen LogP contribution in [0.2, 0.25) is 0 Å². The van der Waals surface area contributed by atoms with E-state index in [1.165, 1.54) is 18.2 Å². The number of fused-ring (bicyclic) bond motifs is 1. The van der Waals surface area contributed by atoms with Crippen molar-refractivity contribution < 1.29 is 17.6 Å². The van der Waals surface area contributed by atoms with Gasteiger partial charge in [0.1, 0.15) is 5.82 Å². The average molecular weight is 348 g/mol. The Kier molecular flexibility index (Phi) is 4.28. The fourth-order valence-electron chi connectivity index (χ4n) is 2.79. The number of sulfone groups is 1. The summed E-state index contributed by atoms with van der Waals surface area (Å²) in [5.41, 5.74) is 1.50. The first-order chi connectivity index (χ1) is 11.4. The predicted molar refractivity (Wildman–Crippen MR) is 89.1 cm³/mol. The molecule has 0 aromatic heterocycles. The number of hydrogen-bond acceptors (Lipinski definition) is 3. The Morgan fingerprint density at radius 1 is 1.21 bits per heavy atom. The Morgan fingerprint density at radius 2 is 1.96 bits per heavy atom. The number of amides is 2. The highest BCUT2D eigenvalue weighted by atomic mass is 32.2. The molecule has 5 nitrogen and oxygen atoms in total. The van der Waals surface area contributed by atoms with Gasteiger partial charge in [0.25, 0.3) is 0 Å². The zero-order valence-corrected chi connectivity index (χ0v) is 13.9. The summed E-state index contributed by atoms with van der Waals surface area (Å²) in [4.78, 5) is 12.4. The zero-order chi connectivity index (χ0) is 17.3. The number of aryl methyl sites for hydroxylation is 1. The first kappa shape index (κ1) is 16.4. The van der Waals surface area contributed by atoms with Gasteiger partial charge in [-0.25, -0.2) is 17.6 Å². The normalized spacial score (nSPS) is 18.5. The molecule has 0 bridgehead atoms. The van der Waals surface area contributed by atoms with Crippen LogP contribution >= 0.6 is 0 Å². The third-order valence-electron chi connectivity index (χ3n) is 4.03. The second-order valence-corrected chi connectivity index (χ2v) is 7.84. The lowest BCUT2D eigenvalue weighted by molar-refractivity contribution is 0.248. The highest BCUT2D eigenvalue weighted by molar-refractivity contribution is 7.91. The third kappa shape index (κ3) is 3.26. The summed E-state index contributed by atoms with van der Waals surface area (Å²) in [7, 11) is -3.29. The second kappa shape index (κ2) is 6.24. The van der Waals surface area contributed by atoms with Crippen LogP contribution < -0.4 is 10.6 Å². The molecular formula is C17H17FN2O3S. The average Bonchev–Trinajstić information content (AvgIpc) is 2.54.